The quantitative estimate of drug-likeness (QED) is 0.168. The molecule has 0 amide bonds. The molecule has 0 fully saturated rings. The van der Waals surface area contributed by atoms with Gasteiger partial charge in [-0.05, 0) is 69.8 Å². The highest BCUT2D eigenvalue weighted by Gasteiger charge is 2.21. The van der Waals surface area contributed by atoms with Gasteiger partial charge in [0.1, 0.15) is 11.2 Å². The molecule has 9 aromatic rings. The van der Waals surface area contributed by atoms with Crippen LogP contribution < -0.4 is 0 Å². The van der Waals surface area contributed by atoms with Crippen molar-refractivity contribution in [2.24, 2.45) is 0 Å². The van der Waals surface area contributed by atoms with Crippen molar-refractivity contribution in [3.8, 4) is 73.6 Å². The van der Waals surface area contributed by atoms with Gasteiger partial charge in [-0.2, -0.15) is 5.26 Å². The average Bonchev–Trinajstić information content (AvgIpc) is 3.63. The van der Waals surface area contributed by atoms with Crippen LogP contribution in [0.1, 0.15) is 11.1 Å². The van der Waals surface area contributed by atoms with Gasteiger partial charge in [-0.3, -0.25) is 0 Å². The van der Waals surface area contributed by atoms with E-state index in [-0.39, 0.29) is 0 Å². The van der Waals surface area contributed by atoms with Crippen LogP contribution >= 0.6 is 0 Å². The Balaban J connectivity index is 1.29. The molecule has 0 radical (unpaired) electrons. The Bertz CT molecular complexity index is 2850. The third kappa shape index (κ3) is 5.95. The van der Waals surface area contributed by atoms with E-state index in [0.29, 0.717) is 23.0 Å². The third-order valence-electron chi connectivity index (χ3n) is 9.51. The van der Waals surface area contributed by atoms with Crippen LogP contribution in [0.25, 0.3) is 95.6 Å². The molecular weight excluding hydrogens is 649 g/mol. The molecule has 0 saturated heterocycles. The monoisotopic (exact) mass is 678 g/mol. The normalized spacial score (nSPS) is 11.1. The smallest absolute Gasteiger partial charge is 0.164 e. The predicted molar refractivity (Wildman–Crippen MR) is 215 cm³/mol. The fourth-order valence-corrected chi connectivity index (χ4v) is 6.88. The molecule has 248 valence electrons. The van der Waals surface area contributed by atoms with Crippen LogP contribution in [0.5, 0.6) is 0 Å². The predicted octanol–water partition coefficient (Wildman–Crippen LogP) is 12.3. The van der Waals surface area contributed by atoms with Crippen LogP contribution in [-0.2, 0) is 0 Å². The summed E-state index contributed by atoms with van der Waals surface area (Å²) in [7, 11) is 0. The lowest BCUT2D eigenvalue weighted by atomic mass is 9.93. The summed E-state index contributed by atoms with van der Waals surface area (Å²) in [4.78, 5) is 15.2. The highest BCUT2D eigenvalue weighted by atomic mass is 16.3. The van der Waals surface area contributed by atoms with E-state index >= 15 is 0 Å². The Hall–Kier alpha value is -7.42. The summed E-state index contributed by atoms with van der Waals surface area (Å²) in [6.45, 7) is 4.00. The minimum atomic E-state index is 0.543. The number of aromatic nitrogens is 3. The van der Waals surface area contributed by atoms with Gasteiger partial charge in [-0.1, -0.05) is 140 Å². The van der Waals surface area contributed by atoms with Gasteiger partial charge in [0, 0.05) is 33.0 Å². The number of benzene rings is 7. The SMILES string of the molecule is C=Cc1cccc(-c2cc(-c3cccc(C#N)c3)cc3c2oc2cccc(-c4nc(-c5ccccc5)nc(-c5ccc(-c6ccccc6)cc5)n4)c23)c1. The molecule has 5 nitrogen and oxygen atoms in total. The number of hydrogen-bond donors (Lipinski definition) is 0. The minimum absolute atomic E-state index is 0.543. The van der Waals surface area contributed by atoms with Crippen molar-refractivity contribution in [2.45, 2.75) is 0 Å². The number of rotatable bonds is 7. The summed E-state index contributed by atoms with van der Waals surface area (Å²) >= 11 is 0. The van der Waals surface area contributed by atoms with Crippen molar-refractivity contribution in [1.82, 2.24) is 15.0 Å². The second kappa shape index (κ2) is 13.4. The maximum atomic E-state index is 9.72. The van der Waals surface area contributed by atoms with Crippen molar-refractivity contribution in [3.63, 3.8) is 0 Å². The van der Waals surface area contributed by atoms with Gasteiger partial charge in [-0.25, -0.2) is 15.0 Å². The lowest BCUT2D eigenvalue weighted by molar-refractivity contribution is 0.670. The lowest BCUT2D eigenvalue weighted by Gasteiger charge is -2.11. The third-order valence-corrected chi connectivity index (χ3v) is 9.51. The van der Waals surface area contributed by atoms with E-state index in [9.17, 15) is 5.26 Å². The molecule has 7 aromatic carbocycles. The lowest BCUT2D eigenvalue weighted by Crippen LogP contribution is -2.00. The van der Waals surface area contributed by atoms with Gasteiger partial charge in [-0.15, -0.1) is 0 Å². The second-order valence-corrected chi connectivity index (χ2v) is 12.8. The zero-order valence-electron chi connectivity index (χ0n) is 28.6. The number of nitriles is 1. The molecule has 0 aliphatic heterocycles. The molecular formula is C48H30N4O. The van der Waals surface area contributed by atoms with E-state index in [0.717, 1.165) is 77.6 Å². The Morgan fingerprint density at radius 3 is 1.83 bits per heavy atom. The fraction of sp³-hybridized carbons (Fsp3) is 0. The maximum Gasteiger partial charge on any atom is 0.164 e. The molecule has 0 bridgehead atoms. The molecule has 5 heteroatoms. The van der Waals surface area contributed by atoms with Crippen molar-refractivity contribution < 1.29 is 4.42 Å². The van der Waals surface area contributed by atoms with E-state index in [4.69, 9.17) is 19.4 Å². The van der Waals surface area contributed by atoms with E-state index in [1.165, 1.54) is 0 Å². The maximum absolute atomic E-state index is 9.72. The van der Waals surface area contributed by atoms with E-state index in [1.54, 1.807) is 0 Å². The molecule has 0 spiro atoms. The first-order valence-electron chi connectivity index (χ1n) is 17.4. The molecule has 0 unspecified atom stereocenters. The summed E-state index contributed by atoms with van der Waals surface area (Å²) in [5, 5.41) is 11.5. The van der Waals surface area contributed by atoms with Crippen LogP contribution in [0.3, 0.4) is 0 Å². The topological polar surface area (TPSA) is 75.6 Å². The Labute approximate surface area is 306 Å². The molecule has 9 rings (SSSR count). The van der Waals surface area contributed by atoms with E-state index in [1.807, 2.05) is 109 Å². The van der Waals surface area contributed by atoms with Crippen LogP contribution in [0.2, 0.25) is 0 Å². The molecule has 53 heavy (non-hydrogen) atoms. The van der Waals surface area contributed by atoms with Crippen LogP contribution in [0, 0.1) is 11.3 Å². The van der Waals surface area contributed by atoms with Crippen molar-refractivity contribution >= 4 is 28.0 Å². The Morgan fingerprint density at radius 1 is 0.491 bits per heavy atom. The molecule has 0 aliphatic carbocycles. The molecule has 0 atom stereocenters. The summed E-state index contributed by atoms with van der Waals surface area (Å²) in [6.07, 6.45) is 1.84. The minimum Gasteiger partial charge on any atom is -0.455 e. The fourth-order valence-electron chi connectivity index (χ4n) is 6.88. The molecule has 0 aliphatic rings. The first kappa shape index (κ1) is 31.6. The van der Waals surface area contributed by atoms with Gasteiger partial charge in [0.15, 0.2) is 17.5 Å². The first-order valence-corrected chi connectivity index (χ1v) is 17.4. The zero-order valence-corrected chi connectivity index (χ0v) is 28.6. The van der Waals surface area contributed by atoms with Crippen molar-refractivity contribution in [3.05, 3.63) is 181 Å². The largest absolute Gasteiger partial charge is 0.455 e. The first-order chi connectivity index (χ1) is 26.1. The highest BCUT2D eigenvalue weighted by molar-refractivity contribution is 6.16. The van der Waals surface area contributed by atoms with Crippen molar-refractivity contribution in [1.29, 1.82) is 5.26 Å². The molecule has 2 aromatic heterocycles. The summed E-state index contributed by atoms with van der Waals surface area (Å²) in [6, 6.07) is 57.2. The number of hydrogen-bond acceptors (Lipinski definition) is 5. The summed E-state index contributed by atoms with van der Waals surface area (Å²) < 4.78 is 6.75. The van der Waals surface area contributed by atoms with Crippen LogP contribution in [0.15, 0.2) is 175 Å². The van der Waals surface area contributed by atoms with Gasteiger partial charge < -0.3 is 4.42 Å². The molecule has 2 heterocycles. The van der Waals surface area contributed by atoms with Gasteiger partial charge >= 0.3 is 0 Å². The average molecular weight is 679 g/mol. The highest BCUT2D eigenvalue weighted by Crippen LogP contribution is 2.43. The van der Waals surface area contributed by atoms with E-state index < -0.39 is 0 Å². The van der Waals surface area contributed by atoms with Gasteiger partial charge in [0.2, 0.25) is 0 Å². The zero-order chi connectivity index (χ0) is 35.7. The molecule has 0 N–H and O–H groups in total. The Kier molecular flexibility index (Phi) is 7.96. The number of nitrogens with zero attached hydrogens (tertiary/aromatic N) is 4. The Morgan fingerprint density at radius 2 is 1.09 bits per heavy atom. The van der Waals surface area contributed by atoms with E-state index in [2.05, 4.69) is 73.3 Å². The van der Waals surface area contributed by atoms with Gasteiger partial charge in [0.05, 0.1) is 11.6 Å². The standard InChI is InChI=1S/C48H30N4O/c1-2-31-12-9-19-38(26-31)41-28-39(37-18-10-13-32(27-37)30-49)29-42-44-40(20-11-21-43(44)53-45(41)42)48-51-46(35-16-7-4-8-17-35)50-47(52-48)36-24-22-34(23-25-36)33-14-5-3-6-15-33/h2-29H,1H2. The van der Waals surface area contributed by atoms with Crippen molar-refractivity contribution in [2.75, 3.05) is 0 Å². The van der Waals surface area contributed by atoms with Crippen LogP contribution in [0.4, 0.5) is 0 Å². The van der Waals surface area contributed by atoms with Crippen LogP contribution in [-0.4, -0.2) is 15.0 Å². The number of furan rings is 1. The summed E-state index contributed by atoms with van der Waals surface area (Å²) in [5.74, 6) is 1.70. The molecule has 0 saturated carbocycles. The number of fused-ring (bicyclic) bond motifs is 3. The summed E-state index contributed by atoms with van der Waals surface area (Å²) in [5.41, 5.74) is 11.8. The van der Waals surface area contributed by atoms with Gasteiger partial charge in [0.25, 0.3) is 0 Å². The second-order valence-electron chi connectivity index (χ2n) is 12.8.